The molecule has 0 aliphatic carbocycles. The van der Waals surface area contributed by atoms with Gasteiger partial charge in [0, 0.05) is 0 Å². The second-order valence-corrected chi connectivity index (χ2v) is 2.57. The lowest BCUT2D eigenvalue weighted by Gasteiger charge is -2.01. The number of aliphatic carboxylic acids is 1. The molecule has 1 N–H and O–H groups in total. The lowest BCUT2D eigenvalue weighted by molar-refractivity contribution is -0.131. The number of Topliss-reactive ketones (excluding diaryl/α,β-unsaturated/α-hetero) is 1. The molecule has 0 radical (unpaired) electrons. The number of halogens is 1. The largest absolute Gasteiger partial charge is 0.475 e. The Labute approximate surface area is 73.8 Å². The Kier molecular flexibility index (Phi) is 2.41. The average molecular weight is 182 g/mol. The minimum atomic E-state index is -1.65. The summed E-state index contributed by atoms with van der Waals surface area (Å²) in [4.78, 5) is 21.2. The highest BCUT2D eigenvalue weighted by atomic mass is 19.1. The van der Waals surface area contributed by atoms with E-state index in [-0.39, 0.29) is 5.56 Å². The van der Waals surface area contributed by atoms with Gasteiger partial charge in [-0.1, -0.05) is 12.1 Å². The van der Waals surface area contributed by atoms with E-state index in [2.05, 4.69) is 0 Å². The van der Waals surface area contributed by atoms with E-state index >= 15 is 0 Å². The second-order valence-electron chi connectivity index (χ2n) is 2.57. The zero-order valence-corrected chi connectivity index (χ0v) is 6.87. The van der Waals surface area contributed by atoms with Crippen LogP contribution in [0.1, 0.15) is 15.9 Å². The lowest BCUT2D eigenvalue weighted by atomic mass is 10.0. The fourth-order valence-electron chi connectivity index (χ4n) is 1.03. The summed E-state index contributed by atoms with van der Waals surface area (Å²) in [5.41, 5.74) is -0.0394. The van der Waals surface area contributed by atoms with E-state index in [0.717, 1.165) is 6.07 Å². The van der Waals surface area contributed by atoms with Crippen LogP contribution in [0.4, 0.5) is 4.39 Å². The summed E-state index contributed by atoms with van der Waals surface area (Å²) < 4.78 is 13.0. The van der Waals surface area contributed by atoms with Gasteiger partial charge in [-0.15, -0.1) is 0 Å². The van der Waals surface area contributed by atoms with Crippen LogP contribution >= 0.6 is 0 Å². The van der Waals surface area contributed by atoms with Crippen LogP contribution in [0, 0.1) is 12.7 Å². The molecule has 0 aliphatic rings. The van der Waals surface area contributed by atoms with E-state index in [4.69, 9.17) is 5.11 Å². The molecule has 0 heterocycles. The summed E-state index contributed by atoms with van der Waals surface area (Å²) in [6.45, 7) is 1.49. The summed E-state index contributed by atoms with van der Waals surface area (Å²) in [7, 11) is 0. The normalized spacial score (nSPS) is 9.69. The molecule has 0 saturated carbocycles. The van der Waals surface area contributed by atoms with E-state index in [1.54, 1.807) is 0 Å². The van der Waals surface area contributed by atoms with Crippen LogP contribution in [-0.4, -0.2) is 16.9 Å². The van der Waals surface area contributed by atoms with Gasteiger partial charge in [0.05, 0.1) is 5.56 Å². The lowest BCUT2D eigenvalue weighted by Crippen LogP contribution is -2.15. The first-order chi connectivity index (χ1) is 6.04. The number of carboxylic acid groups (broad SMARTS) is 1. The van der Waals surface area contributed by atoms with E-state index in [9.17, 15) is 14.0 Å². The zero-order valence-electron chi connectivity index (χ0n) is 6.87. The van der Waals surface area contributed by atoms with Gasteiger partial charge in [-0.05, 0) is 18.6 Å². The minimum absolute atomic E-state index is 0.326. The van der Waals surface area contributed by atoms with E-state index in [1.165, 1.54) is 19.1 Å². The number of rotatable bonds is 2. The molecule has 1 aromatic carbocycles. The van der Waals surface area contributed by atoms with Crippen LogP contribution in [0.3, 0.4) is 0 Å². The topological polar surface area (TPSA) is 54.4 Å². The van der Waals surface area contributed by atoms with Crippen molar-refractivity contribution in [1.82, 2.24) is 0 Å². The molecule has 0 aromatic heterocycles. The highest BCUT2D eigenvalue weighted by Crippen LogP contribution is 2.13. The number of carbonyl (C=O) groups excluding carboxylic acids is 1. The third-order valence-electron chi connectivity index (χ3n) is 1.64. The van der Waals surface area contributed by atoms with Crippen LogP contribution in [0.2, 0.25) is 0 Å². The van der Waals surface area contributed by atoms with Crippen molar-refractivity contribution >= 4 is 11.8 Å². The van der Waals surface area contributed by atoms with Crippen LogP contribution in [0.5, 0.6) is 0 Å². The first-order valence-corrected chi connectivity index (χ1v) is 3.56. The highest BCUT2D eigenvalue weighted by molar-refractivity contribution is 6.40. The number of hydrogen-bond acceptors (Lipinski definition) is 2. The molecule has 3 nitrogen and oxygen atoms in total. The van der Waals surface area contributed by atoms with Crippen LogP contribution in [-0.2, 0) is 4.79 Å². The predicted octanol–water partition coefficient (Wildman–Crippen LogP) is 1.40. The molecule has 1 aromatic rings. The van der Waals surface area contributed by atoms with Gasteiger partial charge in [0.15, 0.2) is 0 Å². The van der Waals surface area contributed by atoms with Crippen molar-refractivity contribution in [2.75, 3.05) is 0 Å². The Hall–Kier alpha value is -1.71. The molecule has 1 rings (SSSR count). The Morgan fingerprint density at radius 2 is 2.00 bits per heavy atom. The van der Waals surface area contributed by atoms with Gasteiger partial charge >= 0.3 is 5.97 Å². The van der Waals surface area contributed by atoms with Crippen molar-refractivity contribution in [3.8, 4) is 0 Å². The van der Waals surface area contributed by atoms with Gasteiger partial charge in [-0.25, -0.2) is 9.18 Å². The van der Waals surface area contributed by atoms with Crippen LogP contribution in [0.15, 0.2) is 18.2 Å². The van der Waals surface area contributed by atoms with Crippen LogP contribution in [0.25, 0.3) is 0 Å². The molecule has 0 unspecified atom stereocenters. The Balaban J connectivity index is 3.28. The monoisotopic (exact) mass is 182 g/mol. The van der Waals surface area contributed by atoms with E-state index in [1.807, 2.05) is 0 Å². The first kappa shape index (κ1) is 9.38. The number of ketones is 1. The highest BCUT2D eigenvalue weighted by Gasteiger charge is 2.20. The molecular formula is C9H7FO3. The van der Waals surface area contributed by atoms with Gasteiger partial charge in [-0.3, -0.25) is 4.79 Å². The molecule has 68 valence electrons. The summed E-state index contributed by atoms with van der Waals surface area (Å²) in [6.07, 6.45) is 0. The van der Waals surface area contributed by atoms with Gasteiger partial charge < -0.3 is 5.11 Å². The smallest absolute Gasteiger partial charge is 0.377 e. The van der Waals surface area contributed by atoms with Crippen LogP contribution < -0.4 is 0 Å². The van der Waals surface area contributed by atoms with Gasteiger partial charge in [0.1, 0.15) is 5.82 Å². The van der Waals surface area contributed by atoms with Gasteiger partial charge in [-0.2, -0.15) is 0 Å². The number of benzene rings is 1. The quantitative estimate of drug-likeness (QED) is 0.555. The summed E-state index contributed by atoms with van der Waals surface area (Å²) in [5.74, 6) is -3.66. The van der Waals surface area contributed by atoms with E-state index < -0.39 is 17.6 Å². The molecule has 0 bridgehead atoms. The minimum Gasteiger partial charge on any atom is -0.475 e. The third kappa shape index (κ3) is 1.72. The number of carboxylic acids is 1. The van der Waals surface area contributed by atoms with Crippen molar-refractivity contribution in [2.45, 2.75) is 6.92 Å². The summed E-state index contributed by atoms with van der Waals surface area (Å²) in [6, 6.07) is 3.96. The Morgan fingerprint density at radius 3 is 2.46 bits per heavy atom. The van der Waals surface area contributed by atoms with Gasteiger partial charge in [0.25, 0.3) is 5.78 Å². The van der Waals surface area contributed by atoms with Crippen molar-refractivity contribution in [1.29, 1.82) is 0 Å². The number of carbonyl (C=O) groups is 2. The maximum atomic E-state index is 13.0. The maximum absolute atomic E-state index is 13.0. The zero-order chi connectivity index (χ0) is 10.0. The predicted molar refractivity (Wildman–Crippen MR) is 43.1 cm³/mol. The number of aryl methyl sites for hydroxylation is 1. The van der Waals surface area contributed by atoms with Crippen molar-refractivity contribution in [3.05, 3.63) is 35.1 Å². The molecular weight excluding hydrogens is 175 g/mol. The molecule has 0 amide bonds. The van der Waals surface area contributed by atoms with Crippen molar-refractivity contribution in [2.24, 2.45) is 0 Å². The third-order valence-corrected chi connectivity index (χ3v) is 1.64. The first-order valence-electron chi connectivity index (χ1n) is 3.56. The Bertz CT molecular complexity index is 351. The second kappa shape index (κ2) is 3.35. The average Bonchev–Trinajstić information content (AvgIpc) is 2.03. The molecule has 0 spiro atoms. The van der Waals surface area contributed by atoms with Gasteiger partial charge in [0.2, 0.25) is 0 Å². The molecule has 13 heavy (non-hydrogen) atoms. The molecule has 0 saturated heterocycles. The van der Waals surface area contributed by atoms with Crippen molar-refractivity contribution in [3.63, 3.8) is 0 Å². The SMILES string of the molecule is Cc1cccc(F)c1C(=O)C(=O)O. The fourth-order valence-corrected chi connectivity index (χ4v) is 1.03. The molecule has 0 atom stereocenters. The molecule has 4 heteroatoms. The fraction of sp³-hybridized carbons (Fsp3) is 0.111. The van der Waals surface area contributed by atoms with E-state index in [0.29, 0.717) is 5.56 Å². The standard InChI is InChI=1S/C9H7FO3/c1-5-3-2-4-6(10)7(5)8(11)9(12)13/h2-4H,1H3,(H,12,13). The molecule has 0 aliphatic heterocycles. The Morgan fingerprint density at radius 1 is 1.38 bits per heavy atom. The number of hydrogen-bond donors (Lipinski definition) is 1. The molecule has 0 fully saturated rings. The summed E-state index contributed by atoms with van der Waals surface area (Å²) in [5, 5.41) is 8.37. The summed E-state index contributed by atoms with van der Waals surface area (Å²) >= 11 is 0. The van der Waals surface area contributed by atoms with Crippen molar-refractivity contribution < 1.29 is 19.1 Å². The maximum Gasteiger partial charge on any atom is 0.377 e.